The van der Waals surface area contributed by atoms with Crippen molar-refractivity contribution in [2.45, 2.75) is 70.2 Å². The number of nitrogens with zero attached hydrogens (tertiary/aromatic N) is 1. The summed E-state index contributed by atoms with van der Waals surface area (Å²) in [4.78, 5) is 2.54. The molecule has 2 aliphatic heterocycles. The lowest BCUT2D eigenvalue weighted by atomic mass is 9.91. The summed E-state index contributed by atoms with van der Waals surface area (Å²) in [7, 11) is 0. The molecule has 0 amide bonds. The van der Waals surface area contributed by atoms with E-state index in [1.165, 1.54) is 19.4 Å². The van der Waals surface area contributed by atoms with E-state index >= 15 is 0 Å². The fourth-order valence-corrected chi connectivity index (χ4v) is 3.43. The van der Waals surface area contributed by atoms with Crippen LogP contribution < -0.4 is 5.73 Å². The van der Waals surface area contributed by atoms with E-state index in [0.717, 1.165) is 13.0 Å². The molecule has 2 N–H and O–H groups in total. The zero-order valence-electron chi connectivity index (χ0n) is 11.1. The van der Waals surface area contributed by atoms with Crippen LogP contribution in [0.5, 0.6) is 0 Å². The van der Waals surface area contributed by atoms with Crippen molar-refractivity contribution in [2.24, 2.45) is 5.73 Å². The lowest BCUT2D eigenvalue weighted by molar-refractivity contribution is -0.0822. The van der Waals surface area contributed by atoms with Gasteiger partial charge in [-0.1, -0.05) is 0 Å². The molecule has 2 saturated heterocycles. The summed E-state index contributed by atoms with van der Waals surface area (Å²) in [6.45, 7) is 11.0. The molecule has 2 aliphatic rings. The van der Waals surface area contributed by atoms with Gasteiger partial charge in [0.25, 0.3) is 0 Å². The molecular formula is C13H26N2O. The van der Waals surface area contributed by atoms with Gasteiger partial charge in [-0.25, -0.2) is 0 Å². The van der Waals surface area contributed by atoms with Gasteiger partial charge in [0.2, 0.25) is 0 Å². The first-order valence-corrected chi connectivity index (χ1v) is 6.50. The molecule has 3 heteroatoms. The van der Waals surface area contributed by atoms with Gasteiger partial charge in [-0.2, -0.15) is 0 Å². The molecule has 16 heavy (non-hydrogen) atoms. The van der Waals surface area contributed by atoms with E-state index < -0.39 is 0 Å². The van der Waals surface area contributed by atoms with E-state index in [-0.39, 0.29) is 11.2 Å². The predicted molar refractivity (Wildman–Crippen MR) is 66.4 cm³/mol. The van der Waals surface area contributed by atoms with Crippen LogP contribution in [0, 0.1) is 0 Å². The van der Waals surface area contributed by atoms with Crippen LogP contribution in [0.3, 0.4) is 0 Å². The molecule has 0 radical (unpaired) electrons. The molecular weight excluding hydrogens is 200 g/mol. The first-order valence-electron chi connectivity index (χ1n) is 6.50. The third-order valence-electron chi connectivity index (χ3n) is 3.96. The molecule has 1 unspecified atom stereocenters. The Kier molecular flexibility index (Phi) is 3.06. The molecule has 2 atom stereocenters. The number of ether oxygens (including phenoxy) is 1. The number of rotatable bonds is 1. The monoisotopic (exact) mass is 226 g/mol. The molecule has 0 saturated carbocycles. The minimum absolute atomic E-state index is 0.00963. The van der Waals surface area contributed by atoms with Crippen molar-refractivity contribution < 1.29 is 4.74 Å². The highest BCUT2D eigenvalue weighted by atomic mass is 16.5. The summed E-state index contributed by atoms with van der Waals surface area (Å²) in [6.07, 6.45) is 3.52. The highest BCUT2D eigenvalue weighted by Crippen LogP contribution is 2.40. The fraction of sp³-hybridized carbons (Fsp3) is 1.00. The molecule has 0 aromatic heterocycles. The third kappa shape index (κ3) is 2.41. The number of nitrogens with two attached hydrogens (primary N) is 1. The lowest BCUT2D eigenvalue weighted by Crippen LogP contribution is -2.53. The quantitative estimate of drug-likeness (QED) is 0.740. The normalized spacial score (nSPS) is 38.8. The van der Waals surface area contributed by atoms with Crippen LogP contribution in [0.25, 0.3) is 0 Å². The maximum atomic E-state index is 6.15. The highest BCUT2D eigenvalue weighted by Gasteiger charge is 2.48. The van der Waals surface area contributed by atoms with Gasteiger partial charge in [0.15, 0.2) is 0 Å². The maximum Gasteiger partial charge on any atom is 0.0789 e. The zero-order chi connectivity index (χ0) is 12.0. The van der Waals surface area contributed by atoms with Gasteiger partial charge < -0.3 is 10.5 Å². The average molecular weight is 226 g/mol. The SMILES string of the molecule is CC1(C)CC(N2CCC[C@@H](N)C2)C(C)(C)O1. The second-order valence-corrected chi connectivity index (χ2v) is 6.58. The Morgan fingerprint density at radius 3 is 2.44 bits per heavy atom. The fourth-order valence-electron chi connectivity index (χ4n) is 3.43. The van der Waals surface area contributed by atoms with Crippen molar-refractivity contribution in [1.82, 2.24) is 4.90 Å². The Morgan fingerprint density at radius 2 is 1.94 bits per heavy atom. The van der Waals surface area contributed by atoms with E-state index in [0.29, 0.717) is 12.1 Å². The number of piperidine rings is 1. The molecule has 2 heterocycles. The molecule has 94 valence electrons. The Balaban J connectivity index is 2.08. The Hall–Kier alpha value is -0.120. The van der Waals surface area contributed by atoms with Crippen molar-refractivity contribution >= 4 is 0 Å². The topological polar surface area (TPSA) is 38.5 Å². The highest BCUT2D eigenvalue weighted by molar-refractivity contribution is 5.01. The van der Waals surface area contributed by atoms with Crippen LogP contribution in [-0.4, -0.2) is 41.3 Å². The summed E-state index contributed by atoms with van der Waals surface area (Å²) in [6, 6.07) is 0.877. The van der Waals surface area contributed by atoms with Crippen LogP contribution in [0.4, 0.5) is 0 Å². The van der Waals surface area contributed by atoms with E-state index in [1.54, 1.807) is 0 Å². The van der Waals surface area contributed by atoms with Crippen LogP contribution in [-0.2, 0) is 4.74 Å². The van der Waals surface area contributed by atoms with E-state index in [2.05, 4.69) is 32.6 Å². The first-order chi connectivity index (χ1) is 7.30. The van der Waals surface area contributed by atoms with Crippen molar-refractivity contribution in [3.05, 3.63) is 0 Å². The molecule has 0 spiro atoms. The summed E-state index contributed by atoms with van der Waals surface area (Å²) < 4.78 is 6.15. The molecule has 3 nitrogen and oxygen atoms in total. The predicted octanol–water partition coefficient (Wildman–Crippen LogP) is 1.76. The van der Waals surface area contributed by atoms with Gasteiger partial charge in [0.05, 0.1) is 11.2 Å². The second-order valence-electron chi connectivity index (χ2n) is 6.58. The zero-order valence-corrected chi connectivity index (χ0v) is 11.1. The van der Waals surface area contributed by atoms with Crippen LogP contribution in [0.15, 0.2) is 0 Å². The van der Waals surface area contributed by atoms with E-state index in [1.807, 2.05) is 0 Å². The number of hydrogen-bond donors (Lipinski definition) is 1. The molecule has 0 aromatic carbocycles. The van der Waals surface area contributed by atoms with Crippen molar-refractivity contribution in [3.8, 4) is 0 Å². The average Bonchev–Trinajstić information content (AvgIpc) is 2.34. The lowest BCUT2D eigenvalue weighted by Gasteiger charge is -2.40. The Bertz CT molecular complexity index is 263. The molecule has 0 bridgehead atoms. The standard InChI is InChI=1S/C13H26N2O/c1-12(2)8-11(13(3,4)16-12)15-7-5-6-10(14)9-15/h10-11H,5-9,14H2,1-4H3/t10-,11?/m1/s1. The maximum absolute atomic E-state index is 6.15. The minimum atomic E-state index is -0.0411. The molecule has 2 rings (SSSR count). The van der Waals surface area contributed by atoms with E-state index in [4.69, 9.17) is 10.5 Å². The number of hydrogen-bond acceptors (Lipinski definition) is 3. The van der Waals surface area contributed by atoms with Crippen LogP contribution >= 0.6 is 0 Å². The van der Waals surface area contributed by atoms with Crippen LogP contribution in [0.1, 0.15) is 47.0 Å². The molecule has 0 aromatic rings. The third-order valence-corrected chi connectivity index (χ3v) is 3.96. The van der Waals surface area contributed by atoms with Gasteiger partial charge in [0, 0.05) is 18.6 Å². The number of likely N-dealkylation sites (tertiary alicyclic amines) is 1. The Morgan fingerprint density at radius 1 is 1.25 bits per heavy atom. The van der Waals surface area contributed by atoms with Gasteiger partial charge in [0.1, 0.15) is 0 Å². The summed E-state index contributed by atoms with van der Waals surface area (Å²) in [5.74, 6) is 0. The van der Waals surface area contributed by atoms with Crippen molar-refractivity contribution in [1.29, 1.82) is 0 Å². The Labute approximate surface area is 99.3 Å². The van der Waals surface area contributed by atoms with Gasteiger partial charge in [-0.3, -0.25) is 4.90 Å². The summed E-state index contributed by atoms with van der Waals surface area (Å²) >= 11 is 0. The second kappa shape index (κ2) is 3.97. The smallest absolute Gasteiger partial charge is 0.0789 e. The summed E-state index contributed by atoms with van der Waals surface area (Å²) in [5.41, 5.74) is 6.03. The van der Waals surface area contributed by atoms with Crippen molar-refractivity contribution in [3.63, 3.8) is 0 Å². The summed E-state index contributed by atoms with van der Waals surface area (Å²) in [5, 5.41) is 0. The van der Waals surface area contributed by atoms with Gasteiger partial charge in [-0.05, 0) is 53.5 Å². The first kappa shape index (κ1) is 12.3. The van der Waals surface area contributed by atoms with Crippen LogP contribution in [0.2, 0.25) is 0 Å². The van der Waals surface area contributed by atoms with Gasteiger partial charge in [-0.15, -0.1) is 0 Å². The van der Waals surface area contributed by atoms with Gasteiger partial charge >= 0.3 is 0 Å². The largest absolute Gasteiger partial charge is 0.368 e. The molecule has 0 aliphatic carbocycles. The van der Waals surface area contributed by atoms with Crippen molar-refractivity contribution in [2.75, 3.05) is 13.1 Å². The molecule has 2 fully saturated rings. The minimum Gasteiger partial charge on any atom is -0.368 e. The van der Waals surface area contributed by atoms with E-state index in [9.17, 15) is 0 Å².